The quantitative estimate of drug-likeness (QED) is 0.360. The molecule has 148 valence electrons. The monoisotopic (exact) mass is 492 g/mol. The van der Waals surface area contributed by atoms with E-state index in [1.165, 1.54) is 17.7 Å². The molecule has 1 atom stereocenters. The van der Waals surface area contributed by atoms with E-state index in [0.717, 1.165) is 37.9 Å². The predicted octanol–water partition coefficient (Wildman–Crippen LogP) is 3.15. The van der Waals surface area contributed by atoms with Gasteiger partial charge < -0.3 is 19.9 Å². The van der Waals surface area contributed by atoms with Gasteiger partial charge in [-0.15, -0.1) is 24.0 Å². The van der Waals surface area contributed by atoms with E-state index < -0.39 is 0 Å². The van der Waals surface area contributed by atoms with Crippen molar-refractivity contribution < 1.29 is 4.74 Å². The molecule has 7 heteroatoms. The molecular weight excluding hydrogens is 459 g/mol. The van der Waals surface area contributed by atoms with Crippen LogP contribution in [0.4, 0.5) is 0 Å². The van der Waals surface area contributed by atoms with Gasteiger partial charge in [0.15, 0.2) is 5.96 Å². The number of guanidine groups is 1. The Morgan fingerprint density at radius 1 is 1.42 bits per heavy atom. The molecule has 0 radical (unpaired) electrons. The van der Waals surface area contributed by atoms with Crippen molar-refractivity contribution in [2.24, 2.45) is 4.99 Å². The Hall–Kier alpha value is -0.670. The Morgan fingerprint density at radius 3 is 2.92 bits per heavy atom. The van der Waals surface area contributed by atoms with Crippen molar-refractivity contribution in [2.45, 2.75) is 25.1 Å². The summed E-state index contributed by atoms with van der Waals surface area (Å²) in [5.74, 6) is 3.10. The normalized spacial score (nSPS) is 17.8. The van der Waals surface area contributed by atoms with Crippen molar-refractivity contribution in [1.82, 2.24) is 15.1 Å². The van der Waals surface area contributed by atoms with Crippen LogP contribution in [0.2, 0.25) is 0 Å². The summed E-state index contributed by atoms with van der Waals surface area (Å²) >= 11 is 2.08. The second kappa shape index (κ2) is 12.7. The molecule has 0 saturated carbocycles. The lowest BCUT2D eigenvalue weighted by Crippen LogP contribution is -2.47. The van der Waals surface area contributed by atoms with Crippen molar-refractivity contribution in [2.75, 3.05) is 53.1 Å². The fourth-order valence-corrected chi connectivity index (χ4v) is 3.94. The smallest absolute Gasteiger partial charge is 0.193 e. The minimum Gasteiger partial charge on any atom is -0.492 e. The number of aliphatic imine (C=N–C) groups is 1. The number of nitrogens with one attached hydrogen (secondary N) is 1. The van der Waals surface area contributed by atoms with Gasteiger partial charge in [-0.25, -0.2) is 0 Å². The van der Waals surface area contributed by atoms with Gasteiger partial charge in [-0.05, 0) is 38.2 Å². The molecular formula is C19H33IN4OS. The van der Waals surface area contributed by atoms with Gasteiger partial charge >= 0.3 is 0 Å². The van der Waals surface area contributed by atoms with Gasteiger partial charge in [-0.1, -0.05) is 19.1 Å². The first kappa shape index (κ1) is 23.4. The van der Waals surface area contributed by atoms with E-state index in [9.17, 15) is 0 Å². The largest absolute Gasteiger partial charge is 0.492 e. The molecule has 0 amide bonds. The van der Waals surface area contributed by atoms with E-state index in [-0.39, 0.29) is 24.0 Å². The zero-order valence-corrected chi connectivity index (χ0v) is 19.5. The van der Waals surface area contributed by atoms with Gasteiger partial charge in [0.25, 0.3) is 0 Å². The maximum atomic E-state index is 5.82. The zero-order chi connectivity index (χ0) is 18.1. The third-order valence-corrected chi connectivity index (χ3v) is 5.63. The average Bonchev–Trinajstić information content (AvgIpc) is 2.62. The summed E-state index contributed by atoms with van der Waals surface area (Å²) in [6.07, 6.45) is 1.21. The Balaban J connectivity index is 0.00000338. The summed E-state index contributed by atoms with van der Waals surface area (Å²) in [5, 5.41) is 4.21. The molecule has 0 bridgehead atoms. The van der Waals surface area contributed by atoms with E-state index in [1.54, 1.807) is 0 Å². The lowest BCUT2D eigenvalue weighted by Gasteiger charge is -2.34. The molecule has 1 unspecified atom stereocenters. The first-order valence-electron chi connectivity index (χ1n) is 9.06. The van der Waals surface area contributed by atoms with Crippen molar-refractivity contribution >= 4 is 41.7 Å². The van der Waals surface area contributed by atoms with Gasteiger partial charge in [0.05, 0.1) is 0 Å². The minimum atomic E-state index is 0. The lowest BCUT2D eigenvalue weighted by molar-refractivity contribution is 0.261. The van der Waals surface area contributed by atoms with Crippen LogP contribution >= 0.6 is 35.7 Å². The molecule has 2 rings (SSSR count). The van der Waals surface area contributed by atoms with Crippen molar-refractivity contribution in [3.63, 3.8) is 0 Å². The summed E-state index contributed by atoms with van der Waals surface area (Å²) in [6, 6.07) is 8.30. The summed E-state index contributed by atoms with van der Waals surface area (Å²) in [4.78, 5) is 8.97. The zero-order valence-electron chi connectivity index (χ0n) is 16.4. The minimum absolute atomic E-state index is 0. The van der Waals surface area contributed by atoms with Crippen LogP contribution in [0.1, 0.15) is 18.9 Å². The fourth-order valence-electron chi connectivity index (χ4n) is 2.76. The van der Waals surface area contributed by atoms with Gasteiger partial charge in [0.2, 0.25) is 0 Å². The highest BCUT2D eigenvalue weighted by Gasteiger charge is 2.21. The highest BCUT2D eigenvalue weighted by Crippen LogP contribution is 2.21. The van der Waals surface area contributed by atoms with Crippen LogP contribution in [0.5, 0.6) is 5.75 Å². The second-order valence-corrected chi connectivity index (χ2v) is 7.96. The van der Waals surface area contributed by atoms with Crippen molar-refractivity contribution in [3.05, 3.63) is 29.8 Å². The molecule has 1 aromatic carbocycles. The Labute approximate surface area is 180 Å². The van der Waals surface area contributed by atoms with Crippen LogP contribution < -0.4 is 10.1 Å². The lowest BCUT2D eigenvalue weighted by atomic mass is 10.2. The molecule has 1 aromatic rings. The SMILES string of the molecule is CCC1CN(C(=NC)NCc2cccc(OCCN(C)C)c2)CCS1.I. The molecule has 1 aliphatic rings. The average molecular weight is 492 g/mol. The van der Waals surface area contributed by atoms with Gasteiger partial charge in [-0.3, -0.25) is 4.99 Å². The van der Waals surface area contributed by atoms with E-state index in [0.29, 0.717) is 11.9 Å². The van der Waals surface area contributed by atoms with Crippen LogP contribution in [0, 0.1) is 0 Å². The van der Waals surface area contributed by atoms with Crippen molar-refractivity contribution in [3.8, 4) is 5.75 Å². The van der Waals surface area contributed by atoms with E-state index in [1.807, 2.05) is 13.1 Å². The number of thioether (sulfide) groups is 1. The molecule has 1 fully saturated rings. The number of hydrogen-bond acceptors (Lipinski definition) is 4. The van der Waals surface area contributed by atoms with Crippen LogP contribution in [0.25, 0.3) is 0 Å². The van der Waals surface area contributed by atoms with Gasteiger partial charge in [-0.2, -0.15) is 11.8 Å². The Morgan fingerprint density at radius 2 is 2.23 bits per heavy atom. The standard InChI is InChI=1S/C19H32N4OS.HI/c1-5-18-15-23(10-12-25-18)19(20-2)21-14-16-7-6-8-17(13-16)24-11-9-22(3)4;/h6-8,13,18H,5,9-12,14-15H2,1-4H3,(H,20,21);1H. The Bertz CT molecular complexity index is 556. The molecule has 0 aromatic heterocycles. The highest BCUT2D eigenvalue weighted by atomic mass is 127. The maximum Gasteiger partial charge on any atom is 0.193 e. The summed E-state index contributed by atoms with van der Waals surface area (Å²) in [7, 11) is 5.97. The molecule has 1 N–H and O–H groups in total. The number of hydrogen-bond donors (Lipinski definition) is 1. The van der Waals surface area contributed by atoms with Crippen LogP contribution in [-0.2, 0) is 6.54 Å². The first-order chi connectivity index (χ1) is 12.1. The Kier molecular flexibility index (Phi) is 11.4. The van der Waals surface area contributed by atoms with Crippen LogP contribution in [0.3, 0.4) is 0 Å². The molecule has 0 spiro atoms. The van der Waals surface area contributed by atoms with Gasteiger partial charge in [0, 0.05) is 44.2 Å². The van der Waals surface area contributed by atoms with Gasteiger partial charge in [0.1, 0.15) is 12.4 Å². The second-order valence-electron chi connectivity index (χ2n) is 6.55. The third kappa shape index (κ3) is 7.92. The third-order valence-electron chi connectivity index (χ3n) is 4.26. The number of ether oxygens (including phenoxy) is 1. The van der Waals surface area contributed by atoms with E-state index in [4.69, 9.17) is 4.74 Å². The van der Waals surface area contributed by atoms with Crippen LogP contribution in [0.15, 0.2) is 29.3 Å². The number of likely N-dealkylation sites (N-methyl/N-ethyl adjacent to an activating group) is 1. The molecule has 1 aliphatic heterocycles. The fraction of sp³-hybridized carbons (Fsp3) is 0.632. The topological polar surface area (TPSA) is 40.1 Å². The summed E-state index contributed by atoms with van der Waals surface area (Å²) < 4.78 is 5.82. The molecule has 26 heavy (non-hydrogen) atoms. The first-order valence-corrected chi connectivity index (χ1v) is 10.1. The highest BCUT2D eigenvalue weighted by molar-refractivity contribution is 14.0. The molecule has 1 saturated heterocycles. The maximum absolute atomic E-state index is 5.82. The van der Waals surface area contributed by atoms with E-state index >= 15 is 0 Å². The molecule has 0 aliphatic carbocycles. The van der Waals surface area contributed by atoms with E-state index in [2.05, 4.69) is 71.1 Å². The van der Waals surface area contributed by atoms with Crippen molar-refractivity contribution in [1.29, 1.82) is 0 Å². The summed E-state index contributed by atoms with van der Waals surface area (Å²) in [5.41, 5.74) is 1.21. The number of rotatable bonds is 7. The summed E-state index contributed by atoms with van der Waals surface area (Å²) in [6.45, 7) is 6.79. The number of benzene rings is 1. The number of halogens is 1. The van der Waals surface area contributed by atoms with Crippen LogP contribution in [-0.4, -0.2) is 74.1 Å². The molecule has 5 nitrogen and oxygen atoms in total. The molecule has 1 heterocycles. The predicted molar refractivity (Wildman–Crippen MR) is 124 cm³/mol. The number of nitrogens with zero attached hydrogens (tertiary/aromatic N) is 3.